The van der Waals surface area contributed by atoms with Crippen LogP contribution >= 0.6 is 11.6 Å². The van der Waals surface area contributed by atoms with Crippen molar-refractivity contribution in [2.24, 2.45) is 0 Å². The van der Waals surface area contributed by atoms with Crippen molar-refractivity contribution in [3.63, 3.8) is 0 Å². The molecule has 1 radical (unpaired) electrons. The maximum atomic E-state index is 5.86. The fourth-order valence-corrected chi connectivity index (χ4v) is 1.80. The Bertz CT molecular complexity index is 503. The molecule has 0 amide bonds. The molecule has 0 spiro atoms. The molecule has 0 aliphatic rings. The Kier molecular flexibility index (Phi) is 3.70. The average Bonchev–Trinajstić information content (AvgIpc) is 2.34. The van der Waals surface area contributed by atoms with Gasteiger partial charge in [-0.2, -0.15) is 0 Å². The molecule has 0 aliphatic heterocycles. The Labute approximate surface area is 107 Å². The number of benzene rings is 2. The van der Waals surface area contributed by atoms with Gasteiger partial charge in [-0.05, 0) is 47.9 Å². The van der Waals surface area contributed by atoms with Crippen molar-refractivity contribution in [3.8, 4) is 5.75 Å². The van der Waals surface area contributed by atoms with E-state index in [1.165, 1.54) is 11.1 Å². The van der Waals surface area contributed by atoms with E-state index in [0.29, 0.717) is 0 Å². The van der Waals surface area contributed by atoms with E-state index in [4.69, 9.17) is 16.3 Å². The van der Waals surface area contributed by atoms with Gasteiger partial charge in [0.2, 0.25) is 0 Å². The third-order valence-corrected chi connectivity index (χ3v) is 2.92. The normalized spacial score (nSPS) is 10.3. The number of methoxy groups -OCH3 is 1. The molecule has 0 aliphatic carbocycles. The summed E-state index contributed by atoms with van der Waals surface area (Å²) < 4.78 is 5.18. The van der Waals surface area contributed by atoms with Crippen molar-refractivity contribution in [1.82, 2.24) is 0 Å². The lowest BCUT2D eigenvalue weighted by Crippen LogP contribution is -1.91. The highest BCUT2D eigenvalue weighted by atomic mass is 35.5. The number of rotatable bonds is 3. The minimum absolute atomic E-state index is 0.758. The largest absolute Gasteiger partial charge is 0.497 e. The molecule has 1 nitrogen and oxygen atoms in total. The van der Waals surface area contributed by atoms with Crippen molar-refractivity contribution in [2.45, 2.75) is 6.92 Å². The highest BCUT2D eigenvalue weighted by Gasteiger charge is 2.02. The molecule has 0 fully saturated rings. The molecule has 2 aromatic carbocycles. The number of ether oxygens (including phenoxy) is 1. The van der Waals surface area contributed by atoms with E-state index in [1.54, 1.807) is 7.11 Å². The van der Waals surface area contributed by atoms with Crippen molar-refractivity contribution < 1.29 is 4.74 Å². The van der Waals surface area contributed by atoms with Gasteiger partial charge in [0.05, 0.1) is 7.11 Å². The lowest BCUT2D eigenvalue weighted by Gasteiger charge is -2.08. The van der Waals surface area contributed by atoms with Crippen LogP contribution in [0.1, 0.15) is 16.7 Å². The lowest BCUT2D eigenvalue weighted by molar-refractivity contribution is 0.414. The number of hydrogen-bond acceptors (Lipinski definition) is 1. The Morgan fingerprint density at radius 1 is 1.06 bits per heavy atom. The molecule has 0 heterocycles. The summed E-state index contributed by atoms with van der Waals surface area (Å²) in [5.41, 5.74) is 3.52. The summed E-state index contributed by atoms with van der Waals surface area (Å²) in [5, 5.41) is 0.758. The van der Waals surface area contributed by atoms with E-state index >= 15 is 0 Å². The molecule has 0 saturated carbocycles. The van der Waals surface area contributed by atoms with Gasteiger partial charge in [-0.25, -0.2) is 0 Å². The second-order valence-corrected chi connectivity index (χ2v) is 4.35. The molecule has 2 rings (SSSR count). The van der Waals surface area contributed by atoms with Crippen molar-refractivity contribution in [2.75, 3.05) is 7.11 Å². The predicted octanol–water partition coefficient (Wildman–Crippen LogP) is 4.26. The molecule has 17 heavy (non-hydrogen) atoms. The topological polar surface area (TPSA) is 9.23 Å². The molecule has 0 aromatic heterocycles. The molecule has 0 bridgehead atoms. The first kappa shape index (κ1) is 12.0. The van der Waals surface area contributed by atoms with Crippen molar-refractivity contribution in [3.05, 3.63) is 70.6 Å². The van der Waals surface area contributed by atoms with Crippen LogP contribution in [-0.2, 0) is 0 Å². The van der Waals surface area contributed by atoms with E-state index in [-0.39, 0.29) is 0 Å². The van der Waals surface area contributed by atoms with Crippen molar-refractivity contribution in [1.29, 1.82) is 0 Å². The SMILES string of the molecule is COc1ccc([CH]c2ccc(Cl)cc2)c(C)c1. The van der Waals surface area contributed by atoms with Gasteiger partial charge in [-0.3, -0.25) is 0 Å². The van der Waals surface area contributed by atoms with Gasteiger partial charge >= 0.3 is 0 Å². The van der Waals surface area contributed by atoms with E-state index < -0.39 is 0 Å². The molecular formula is C15H14ClO. The second kappa shape index (κ2) is 5.24. The number of halogens is 1. The summed E-state index contributed by atoms with van der Waals surface area (Å²) in [4.78, 5) is 0. The van der Waals surface area contributed by atoms with E-state index in [9.17, 15) is 0 Å². The summed E-state index contributed by atoms with van der Waals surface area (Å²) in [6, 6.07) is 13.9. The summed E-state index contributed by atoms with van der Waals surface area (Å²) in [6.07, 6.45) is 2.13. The van der Waals surface area contributed by atoms with Gasteiger partial charge in [0, 0.05) is 11.4 Å². The summed E-state index contributed by atoms with van der Waals surface area (Å²) in [6.45, 7) is 2.07. The molecule has 2 aromatic rings. The Hall–Kier alpha value is -1.47. The van der Waals surface area contributed by atoms with Gasteiger partial charge in [0.1, 0.15) is 5.75 Å². The molecule has 2 heteroatoms. The molecule has 0 unspecified atom stereocenters. The standard InChI is InChI=1S/C15H14ClO/c1-11-9-15(17-2)8-5-13(11)10-12-3-6-14(16)7-4-12/h3-10H,1-2H3. The van der Waals surface area contributed by atoms with E-state index in [2.05, 4.69) is 19.4 Å². The highest BCUT2D eigenvalue weighted by Crippen LogP contribution is 2.21. The van der Waals surface area contributed by atoms with Gasteiger partial charge in [0.25, 0.3) is 0 Å². The molecule has 0 N–H and O–H groups in total. The zero-order valence-corrected chi connectivity index (χ0v) is 10.7. The Balaban J connectivity index is 2.21. The van der Waals surface area contributed by atoms with E-state index in [1.807, 2.05) is 36.4 Å². The molecular weight excluding hydrogens is 232 g/mol. The number of hydrogen-bond donors (Lipinski definition) is 0. The van der Waals surface area contributed by atoms with Crippen LogP contribution in [0.3, 0.4) is 0 Å². The van der Waals surface area contributed by atoms with E-state index in [0.717, 1.165) is 16.3 Å². The van der Waals surface area contributed by atoms with Gasteiger partial charge in [-0.15, -0.1) is 0 Å². The van der Waals surface area contributed by atoms with Crippen LogP contribution in [0.4, 0.5) is 0 Å². The van der Waals surface area contributed by atoms with Gasteiger partial charge in [0.15, 0.2) is 0 Å². The first-order chi connectivity index (χ1) is 8.19. The predicted molar refractivity (Wildman–Crippen MR) is 71.7 cm³/mol. The minimum Gasteiger partial charge on any atom is -0.497 e. The summed E-state index contributed by atoms with van der Waals surface area (Å²) in [7, 11) is 1.68. The Morgan fingerprint density at radius 3 is 2.35 bits per heavy atom. The fraction of sp³-hybridized carbons (Fsp3) is 0.133. The zero-order chi connectivity index (χ0) is 12.3. The van der Waals surface area contributed by atoms with Crippen molar-refractivity contribution >= 4 is 11.6 Å². The smallest absolute Gasteiger partial charge is 0.119 e. The quantitative estimate of drug-likeness (QED) is 0.785. The van der Waals surface area contributed by atoms with Crippen LogP contribution in [0.5, 0.6) is 5.75 Å². The Morgan fingerprint density at radius 2 is 1.76 bits per heavy atom. The van der Waals surface area contributed by atoms with Crippen LogP contribution in [0.15, 0.2) is 42.5 Å². The first-order valence-corrected chi connectivity index (χ1v) is 5.82. The third kappa shape index (κ3) is 3.01. The highest BCUT2D eigenvalue weighted by molar-refractivity contribution is 6.30. The van der Waals surface area contributed by atoms with Gasteiger partial charge in [-0.1, -0.05) is 29.8 Å². The molecule has 0 saturated heterocycles. The van der Waals surface area contributed by atoms with Crippen LogP contribution in [0, 0.1) is 13.3 Å². The summed E-state index contributed by atoms with van der Waals surface area (Å²) in [5.74, 6) is 0.885. The maximum absolute atomic E-state index is 5.86. The van der Waals surface area contributed by atoms with Crippen LogP contribution in [0.2, 0.25) is 5.02 Å². The lowest BCUT2D eigenvalue weighted by atomic mass is 10.0. The molecule has 87 valence electrons. The fourth-order valence-electron chi connectivity index (χ4n) is 1.68. The summed E-state index contributed by atoms with van der Waals surface area (Å²) >= 11 is 5.86. The third-order valence-electron chi connectivity index (χ3n) is 2.67. The zero-order valence-electron chi connectivity index (χ0n) is 9.91. The first-order valence-electron chi connectivity index (χ1n) is 5.44. The monoisotopic (exact) mass is 245 g/mol. The van der Waals surface area contributed by atoms with Crippen LogP contribution < -0.4 is 4.74 Å². The molecule has 0 atom stereocenters. The maximum Gasteiger partial charge on any atom is 0.119 e. The van der Waals surface area contributed by atoms with Gasteiger partial charge < -0.3 is 4.74 Å². The average molecular weight is 246 g/mol. The van der Waals surface area contributed by atoms with Crippen LogP contribution in [0.25, 0.3) is 0 Å². The van der Waals surface area contributed by atoms with Crippen LogP contribution in [-0.4, -0.2) is 7.11 Å². The number of aryl methyl sites for hydroxylation is 1. The minimum atomic E-state index is 0.758. The second-order valence-electron chi connectivity index (χ2n) is 3.92.